The zero-order valence-corrected chi connectivity index (χ0v) is 18.4. The van der Waals surface area contributed by atoms with E-state index in [-0.39, 0.29) is 16.4 Å². The van der Waals surface area contributed by atoms with E-state index >= 15 is 0 Å². The molecule has 0 unspecified atom stereocenters. The molecule has 2 aromatic rings. The quantitative estimate of drug-likeness (QED) is 0.634. The van der Waals surface area contributed by atoms with Crippen molar-refractivity contribution in [1.82, 2.24) is 9.78 Å². The summed E-state index contributed by atoms with van der Waals surface area (Å²) in [5, 5.41) is 4.36. The van der Waals surface area contributed by atoms with Gasteiger partial charge in [0, 0.05) is 12.0 Å². The molecule has 0 saturated carbocycles. The van der Waals surface area contributed by atoms with E-state index in [1.54, 1.807) is 0 Å². The number of nitrogens with two attached hydrogens (primary N) is 1. The Hall–Kier alpha value is -2.01. The van der Waals surface area contributed by atoms with E-state index in [0.717, 1.165) is 17.7 Å². The second kappa shape index (κ2) is 9.46. The number of hydrogen-bond donors (Lipinski definition) is 1. The largest absolute Gasteiger partial charge is 0.493 e. The van der Waals surface area contributed by atoms with Crippen LogP contribution in [0.1, 0.15) is 63.6 Å². The minimum atomic E-state index is -0.486. The fraction of sp³-hybridized carbons (Fsp3) is 0.545. The van der Waals surface area contributed by atoms with Gasteiger partial charge < -0.3 is 10.5 Å². The Kier molecular flexibility index (Phi) is 7.53. The van der Waals surface area contributed by atoms with Crippen molar-refractivity contribution in [1.29, 1.82) is 0 Å². The van der Waals surface area contributed by atoms with Crippen molar-refractivity contribution in [3.05, 3.63) is 50.3 Å². The van der Waals surface area contributed by atoms with Gasteiger partial charge >= 0.3 is 0 Å². The molecular formula is C22H32ClN3O2. The first-order valence-corrected chi connectivity index (χ1v) is 10.3. The lowest BCUT2D eigenvalue weighted by Crippen LogP contribution is -2.37. The van der Waals surface area contributed by atoms with E-state index in [1.807, 2.05) is 33.8 Å². The first-order chi connectivity index (χ1) is 13.1. The highest BCUT2D eigenvalue weighted by Gasteiger charge is 2.21. The van der Waals surface area contributed by atoms with Crippen LogP contribution in [0.4, 0.5) is 5.82 Å². The minimum Gasteiger partial charge on any atom is -0.493 e. The van der Waals surface area contributed by atoms with Crippen LogP contribution in [0.5, 0.6) is 5.75 Å². The maximum Gasteiger partial charge on any atom is 0.286 e. The smallest absolute Gasteiger partial charge is 0.286 e. The Morgan fingerprint density at radius 3 is 2.54 bits per heavy atom. The number of nitrogen functional groups attached to an aromatic ring is 1. The molecule has 1 aromatic carbocycles. The van der Waals surface area contributed by atoms with Gasteiger partial charge in [-0.2, -0.15) is 5.10 Å². The number of anilines is 1. The summed E-state index contributed by atoms with van der Waals surface area (Å²) in [6.07, 6.45) is 5.20. The molecule has 0 aliphatic carbocycles. The summed E-state index contributed by atoms with van der Waals surface area (Å²) in [5.41, 5.74) is 8.23. The molecular weight excluding hydrogens is 374 g/mol. The lowest BCUT2D eigenvalue weighted by molar-refractivity contribution is 0.317. The molecule has 154 valence electrons. The van der Waals surface area contributed by atoms with Crippen molar-refractivity contribution in [2.24, 2.45) is 0 Å². The van der Waals surface area contributed by atoms with E-state index in [1.165, 1.54) is 29.5 Å². The third-order valence-corrected chi connectivity index (χ3v) is 5.11. The van der Waals surface area contributed by atoms with Gasteiger partial charge in [0.1, 0.15) is 16.6 Å². The lowest BCUT2D eigenvalue weighted by Gasteiger charge is -2.22. The van der Waals surface area contributed by atoms with Crippen molar-refractivity contribution < 1.29 is 4.74 Å². The predicted molar refractivity (Wildman–Crippen MR) is 117 cm³/mol. The molecule has 0 atom stereocenters. The number of aromatic nitrogens is 2. The molecule has 0 amide bonds. The number of ether oxygens (including phenoxy) is 1. The number of nitrogens with zero attached hydrogens (tertiary/aromatic N) is 2. The van der Waals surface area contributed by atoms with E-state index in [4.69, 9.17) is 22.1 Å². The molecule has 0 radical (unpaired) electrons. The van der Waals surface area contributed by atoms with Crippen LogP contribution < -0.4 is 16.0 Å². The van der Waals surface area contributed by atoms with Gasteiger partial charge in [0.25, 0.3) is 5.56 Å². The minimum absolute atomic E-state index is 0.119. The van der Waals surface area contributed by atoms with Crippen LogP contribution in [-0.2, 0) is 18.4 Å². The molecule has 1 heterocycles. The number of hydrogen-bond acceptors (Lipinski definition) is 4. The van der Waals surface area contributed by atoms with Gasteiger partial charge in [0.15, 0.2) is 0 Å². The van der Waals surface area contributed by atoms with E-state index < -0.39 is 5.54 Å². The average molecular weight is 406 g/mol. The van der Waals surface area contributed by atoms with Gasteiger partial charge in [-0.25, -0.2) is 4.68 Å². The van der Waals surface area contributed by atoms with Crippen LogP contribution in [0.3, 0.4) is 0 Å². The maximum atomic E-state index is 12.5. The van der Waals surface area contributed by atoms with Gasteiger partial charge in [-0.05, 0) is 57.7 Å². The van der Waals surface area contributed by atoms with Crippen LogP contribution in [0.15, 0.2) is 23.0 Å². The van der Waals surface area contributed by atoms with Gasteiger partial charge in [-0.15, -0.1) is 0 Å². The summed E-state index contributed by atoms with van der Waals surface area (Å²) in [6, 6.07) is 6.31. The third-order valence-electron chi connectivity index (χ3n) is 4.72. The van der Waals surface area contributed by atoms with Gasteiger partial charge in [-0.3, -0.25) is 4.79 Å². The lowest BCUT2D eigenvalue weighted by atomic mass is 10.0. The molecule has 0 aliphatic rings. The first kappa shape index (κ1) is 22.3. The average Bonchev–Trinajstić information content (AvgIpc) is 2.62. The summed E-state index contributed by atoms with van der Waals surface area (Å²) in [4.78, 5) is 12.5. The van der Waals surface area contributed by atoms with Gasteiger partial charge in [0.2, 0.25) is 0 Å². The number of unbranched alkanes of at least 4 members (excludes halogenated alkanes) is 2. The van der Waals surface area contributed by atoms with Crippen molar-refractivity contribution in [3.63, 3.8) is 0 Å². The summed E-state index contributed by atoms with van der Waals surface area (Å²) in [6.45, 7) is 10.3. The molecule has 0 saturated heterocycles. The molecule has 0 aliphatic heterocycles. The van der Waals surface area contributed by atoms with Crippen molar-refractivity contribution in [3.8, 4) is 5.75 Å². The van der Waals surface area contributed by atoms with Crippen LogP contribution >= 0.6 is 11.6 Å². The summed E-state index contributed by atoms with van der Waals surface area (Å²) in [5.74, 6) is 1.11. The second-order valence-corrected chi connectivity index (χ2v) is 8.60. The SMILES string of the molecule is CCCCCc1ccc(OCCc2c(N)nn(C(C)(C)C)c(=O)c2Cl)c(C)c1. The predicted octanol–water partition coefficient (Wildman–Crippen LogP) is 4.90. The van der Waals surface area contributed by atoms with E-state index in [9.17, 15) is 4.79 Å². The Labute approximate surface area is 172 Å². The zero-order valence-electron chi connectivity index (χ0n) is 17.6. The number of rotatable bonds is 8. The summed E-state index contributed by atoms with van der Waals surface area (Å²) < 4.78 is 7.25. The highest BCUT2D eigenvalue weighted by atomic mass is 35.5. The third kappa shape index (κ3) is 5.51. The second-order valence-electron chi connectivity index (χ2n) is 8.22. The summed E-state index contributed by atoms with van der Waals surface area (Å²) in [7, 11) is 0. The number of aryl methyl sites for hydroxylation is 2. The Balaban J connectivity index is 2.06. The topological polar surface area (TPSA) is 70.1 Å². The molecule has 2 rings (SSSR count). The van der Waals surface area contributed by atoms with Crippen molar-refractivity contribution in [2.75, 3.05) is 12.3 Å². The first-order valence-electron chi connectivity index (χ1n) is 9.95. The maximum absolute atomic E-state index is 12.5. The van der Waals surface area contributed by atoms with Crippen LogP contribution in [0.2, 0.25) is 5.02 Å². The van der Waals surface area contributed by atoms with Gasteiger partial charge in [0.05, 0.1) is 12.1 Å². The molecule has 2 N–H and O–H groups in total. The highest BCUT2D eigenvalue weighted by Crippen LogP contribution is 2.23. The molecule has 0 bridgehead atoms. The normalized spacial score (nSPS) is 11.6. The van der Waals surface area contributed by atoms with E-state index in [0.29, 0.717) is 18.6 Å². The van der Waals surface area contributed by atoms with Crippen LogP contribution in [0.25, 0.3) is 0 Å². The molecule has 0 spiro atoms. The van der Waals surface area contributed by atoms with Crippen molar-refractivity contribution >= 4 is 17.4 Å². The Morgan fingerprint density at radius 2 is 1.93 bits per heavy atom. The Morgan fingerprint density at radius 1 is 1.21 bits per heavy atom. The number of halogens is 1. The fourth-order valence-corrected chi connectivity index (χ4v) is 3.38. The van der Waals surface area contributed by atoms with Crippen molar-refractivity contribution in [2.45, 2.75) is 72.3 Å². The number of benzene rings is 1. The van der Waals surface area contributed by atoms with Gasteiger partial charge in [-0.1, -0.05) is 43.5 Å². The van der Waals surface area contributed by atoms with Crippen LogP contribution in [-0.4, -0.2) is 16.4 Å². The molecule has 28 heavy (non-hydrogen) atoms. The Bertz CT molecular complexity index is 869. The highest BCUT2D eigenvalue weighted by molar-refractivity contribution is 6.31. The van der Waals surface area contributed by atoms with E-state index in [2.05, 4.69) is 24.2 Å². The molecule has 6 heteroatoms. The zero-order chi connectivity index (χ0) is 20.9. The molecule has 0 fully saturated rings. The molecule has 5 nitrogen and oxygen atoms in total. The fourth-order valence-electron chi connectivity index (χ4n) is 3.11. The standard InChI is InChI=1S/C22H32ClN3O2/c1-6-7-8-9-16-10-11-18(15(2)14-16)28-13-12-17-19(23)21(27)26(22(3,4)5)25-20(17)24/h10-11,14H,6-9,12-13H2,1-5H3,(H2,24,25). The monoisotopic (exact) mass is 405 g/mol. The molecule has 1 aromatic heterocycles. The van der Waals surface area contributed by atoms with Crippen LogP contribution in [0, 0.1) is 6.92 Å². The summed E-state index contributed by atoms with van der Waals surface area (Å²) >= 11 is 6.30.